The molecule has 2 aromatic heterocycles. The number of halogens is 2. The summed E-state index contributed by atoms with van der Waals surface area (Å²) in [5, 5.41) is 2.02. The third-order valence-electron chi connectivity index (χ3n) is 4.10. The van der Waals surface area contributed by atoms with Gasteiger partial charge in [0.1, 0.15) is 0 Å². The summed E-state index contributed by atoms with van der Waals surface area (Å²) < 4.78 is 5.46. The van der Waals surface area contributed by atoms with Gasteiger partial charge in [0.2, 0.25) is 0 Å². The van der Waals surface area contributed by atoms with Gasteiger partial charge in [-0.3, -0.25) is 0 Å². The SMILES string of the molecule is Clc1ccc(Cn2cc(Cn3ccnc3)c3cc(Br)ccc32)cc1. The summed E-state index contributed by atoms with van der Waals surface area (Å²) in [6, 6.07) is 14.4. The second kappa shape index (κ2) is 6.46. The molecule has 0 aliphatic rings. The molecule has 0 saturated carbocycles. The molecule has 5 heteroatoms. The minimum absolute atomic E-state index is 0.765. The molecule has 0 radical (unpaired) electrons. The van der Waals surface area contributed by atoms with Crippen LogP contribution in [0.5, 0.6) is 0 Å². The number of aromatic nitrogens is 3. The molecular formula is C19H15BrClN3. The van der Waals surface area contributed by atoms with E-state index in [-0.39, 0.29) is 0 Å². The highest BCUT2D eigenvalue weighted by Gasteiger charge is 2.10. The van der Waals surface area contributed by atoms with Crippen LogP contribution in [0.25, 0.3) is 10.9 Å². The van der Waals surface area contributed by atoms with Gasteiger partial charge in [-0.25, -0.2) is 4.98 Å². The highest BCUT2D eigenvalue weighted by atomic mass is 79.9. The molecule has 0 aliphatic heterocycles. The first-order valence-corrected chi connectivity index (χ1v) is 8.83. The minimum atomic E-state index is 0.765. The van der Waals surface area contributed by atoms with E-state index in [1.165, 1.54) is 22.0 Å². The van der Waals surface area contributed by atoms with Crippen LogP contribution in [-0.4, -0.2) is 14.1 Å². The Balaban J connectivity index is 1.76. The second-order valence-corrected chi connectivity index (χ2v) is 7.16. The van der Waals surface area contributed by atoms with Crippen molar-refractivity contribution in [1.82, 2.24) is 14.1 Å². The number of rotatable bonds is 4. The fourth-order valence-corrected chi connectivity index (χ4v) is 3.45. The van der Waals surface area contributed by atoms with Gasteiger partial charge in [-0.2, -0.15) is 0 Å². The van der Waals surface area contributed by atoms with Crippen molar-refractivity contribution in [1.29, 1.82) is 0 Å². The Morgan fingerprint density at radius 1 is 1.04 bits per heavy atom. The van der Waals surface area contributed by atoms with E-state index in [2.05, 4.69) is 66.6 Å². The molecule has 2 heterocycles. The lowest BCUT2D eigenvalue weighted by atomic mass is 10.2. The van der Waals surface area contributed by atoms with Gasteiger partial charge in [-0.05, 0) is 41.5 Å². The lowest BCUT2D eigenvalue weighted by Gasteiger charge is -2.06. The van der Waals surface area contributed by atoms with Crippen LogP contribution in [0.15, 0.2) is 71.9 Å². The minimum Gasteiger partial charge on any atom is -0.343 e. The van der Waals surface area contributed by atoms with E-state index in [1.54, 1.807) is 0 Å². The van der Waals surface area contributed by atoms with Crippen molar-refractivity contribution in [2.75, 3.05) is 0 Å². The molecule has 2 aromatic carbocycles. The molecule has 0 unspecified atom stereocenters. The predicted molar refractivity (Wildman–Crippen MR) is 102 cm³/mol. The third kappa shape index (κ3) is 3.12. The van der Waals surface area contributed by atoms with Crippen LogP contribution in [0.2, 0.25) is 5.02 Å². The number of benzene rings is 2. The van der Waals surface area contributed by atoms with Gasteiger partial charge < -0.3 is 9.13 Å². The van der Waals surface area contributed by atoms with E-state index in [4.69, 9.17) is 11.6 Å². The molecule has 0 saturated heterocycles. The van der Waals surface area contributed by atoms with Gasteiger partial charge in [-0.1, -0.05) is 39.7 Å². The fraction of sp³-hybridized carbons (Fsp3) is 0.105. The van der Waals surface area contributed by atoms with Crippen molar-refractivity contribution in [3.8, 4) is 0 Å². The summed E-state index contributed by atoms with van der Waals surface area (Å²) in [7, 11) is 0. The van der Waals surface area contributed by atoms with Crippen molar-refractivity contribution >= 4 is 38.4 Å². The van der Waals surface area contributed by atoms with Crippen molar-refractivity contribution in [3.63, 3.8) is 0 Å². The number of hydrogen-bond donors (Lipinski definition) is 0. The first-order valence-electron chi connectivity index (χ1n) is 7.66. The topological polar surface area (TPSA) is 22.8 Å². The highest BCUT2D eigenvalue weighted by molar-refractivity contribution is 9.10. The Kier molecular flexibility index (Phi) is 4.17. The molecule has 0 spiro atoms. The lowest BCUT2D eigenvalue weighted by molar-refractivity contribution is 0.783. The molecule has 0 aliphatic carbocycles. The van der Waals surface area contributed by atoms with Gasteiger partial charge in [-0.15, -0.1) is 0 Å². The summed E-state index contributed by atoms with van der Waals surface area (Å²) in [6.07, 6.45) is 7.87. The predicted octanol–water partition coefficient (Wildman–Crippen LogP) is 5.35. The summed E-state index contributed by atoms with van der Waals surface area (Å²) in [6.45, 7) is 1.62. The molecule has 0 fully saturated rings. The van der Waals surface area contributed by atoms with Gasteiger partial charge in [0.25, 0.3) is 0 Å². The summed E-state index contributed by atoms with van der Waals surface area (Å²) >= 11 is 9.58. The van der Waals surface area contributed by atoms with Gasteiger partial charge in [0.05, 0.1) is 12.9 Å². The molecule has 3 nitrogen and oxygen atoms in total. The quantitative estimate of drug-likeness (QED) is 0.453. The summed E-state index contributed by atoms with van der Waals surface area (Å²) in [4.78, 5) is 4.13. The first-order chi connectivity index (χ1) is 11.7. The Bertz CT molecular complexity index is 972. The average molecular weight is 401 g/mol. The maximum absolute atomic E-state index is 5.99. The zero-order valence-electron chi connectivity index (χ0n) is 12.9. The van der Waals surface area contributed by atoms with Crippen LogP contribution >= 0.6 is 27.5 Å². The van der Waals surface area contributed by atoms with Gasteiger partial charge in [0.15, 0.2) is 0 Å². The van der Waals surface area contributed by atoms with E-state index in [1.807, 2.05) is 30.9 Å². The van der Waals surface area contributed by atoms with Crippen LogP contribution in [0, 0.1) is 0 Å². The van der Waals surface area contributed by atoms with Gasteiger partial charge in [0, 0.05) is 45.5 Å². The Hall–Kier alpha value is -2.04. The molecule has 0 amide bonds. The smallest absolute Gasteiger partial charge is 0.0949 e. The fourth-order valence-electron chi connectivity index (χ4n) is 2.96. The largest absolute Gasteiger partial charge is 0.343 e. The van der Waals surface area contributed by atoms with E-state index < -0.39 is 0 Å². The van der Waals surface area contributed by atoms with Crippen molar-refractivity contribution in [2.45, 2.75) is 13.1 Å². The standard InChI is InChI=1S/C19H15BrClN3/c20-16-3-6-19-18(9-16)15(11-23-8-7-22-13-23)12-24(19)10-14-1-4-17(21)5-2-14/h1-9,12-13H,10-11H2. The maximum atomic E-state index is 5.99. The van der Waals surface area contributed by atoms with Crippen molar-refractivity contribution in [3.05, 3.63) is 88.0 Å². The molecular weight excluding hydrogens is 386 g/mol. The van der Waals surface area contributed by atoms with E-state index >= 15 is 0 Å². The van der Waals surface area contributed by atoms with Crippen molar-refractivity contribution in [2.24, 2.45) is 0 Å². The highest BCUT2D eigenvalue weighted by Crippen LogP contribution is 2.27. The number of nitrogens with zero attached hydrogens (tertiary/aromatic N) is 3. The molecule has 120 valence electrons. The van der Waals surface area contributed by atoms with Crippen LogP contribution in [-0.2, 0) is 13.1 Å². The number of fused-ring (bicyclic) bond motifs is 1. The van der Waals surface area contributed by atoms with E-state index in [0.29, 0.717) is 0 Å². The molecule has 0 N–H and O–H groups in total. The normalized spacial score (nSPS) is 11.2. The monoisotopic (exact) mass is 399 g/mol. The van der Waals surface area contributed by atoms with E-state index in [9.17, 15) is 0 Å². The van der Waals surface area contributed by atoms with Gasteiger partial charge >= 0.3 is 0 Å². The number of hydrogen-bond acceptors (Lipinski definition) is 1. The molecule has 0 atom stereocenters. The maximum Gasteiger partial charge on any atom is 0.0949 e. The lowest BCUT2D eigenvalue weighted by Crippen LogP contribution is -1.98. The molecule has 4 rings (SSSR count). The molecule has 24 heavy (non-hydrogen) atoms. The first kappa shape index (κ1) is 15.5. The Morgan fingerprint density at radius 2 is 1.88 bits per heavy atom. The third-order valence-corrected chi connectivity index (χ3v) is 4.85. The molecule has 0 bridgehead atoms. The summed E-state index contributed by atoms with van der Waals surface area (Å²) in [5.41, 5.74) is 3.73. The average Bonchev–Trinajstić information content (AvgIpc) is 3.19. The van der Waals surface area contributed by atoms with E-state index in [0.717, 1.165) is 22.6 Å². The summed E-state index contributed by atoms with van der Waals surface area (Å²) in [5.74, 6) is 0. The van der Waals surface area contributed by atoms with Crippen LogP contribution in [0.1, 0.15) is 11.1 Å². The molecule has 4 aromatic rings. The number of imidazole rings is 1. The zero-order chi connectivity index (χ0) is 16.5. The zero-order valence-corrected chi connectivity index (χ0v) is 15.2. The van der Waals surface area contributed by atoms with Crippen LogP contribution < -0.4 is 0 Å². The van der Waals surface area contributed by atoms with Crippen LogP contribution in [0.4, 0.5) is 0 Å². The Morgan fingerprint density at radius 3 is 2.62 bits per heavy atom. The second-order valence-electron chi connectivity index (χ2n) is 5.81. The van der Waals surface area contributed by atoms with Crippen LogP contribution in [0.3, 0.4) is 0 Å². The van der Waals surface area contributed by atoms with Crippen molar-refractivity contribution < 1.29 is 0 Å². The Labute approximate surface area is 153 Å².